The number of hydrogen-bond acceptors (Lipinski definition) is 9. The molecule has 2 aromatic carbocycles. The fraction of sp³-hybridized carbons (Fsp3) is 0.387. The first-order valence-corrected chi connectivity index (χ1v) is 14.1. The highest BCUT2D eigenvalue weighted by atomic mass is 16.6. The van der Waals surface area contributed by atoms with Gasteiger partial charge in [-0.25, -0.2) is 19.7 Å². The van der Waals surface area contributed by atoms with E-state index in [1.165, 1.54) is 6.33 Å². The van der Waals surface area contributed by atoms with Gasteiger partial charge in [0.25, 0.3) is 0 Å². The minimum atomic E-state index is -0.561. The molecule has 216 valence electrons. The average molecular weight is 568 g/mol. The van der Waals surface area contributed by atoms with E-state index in [9.17, 15) is 10.1 Å². The first-order chi connectivity index (χ1) is 20.3. The molecule has 1 N–H and O–H groups in total. The zero-order valence-corrected chi connectivity index (χ0v) is 24.0. The third-order valence-electron chi connectivity index (χ3n) is 7.26. The van der Waals surface area contributed by atoms with E-state index in [1.54, 1.807) is 17.0 Å². The minimum Gasteiger partial charge on any atom is -0.487 e. The normalized spacial score (nSPS) is 17.3. The maximum absolute atomic E-state index is 12.4. The first-order valence-electron chi connectivity index (χ1n) is 14.1. The molecule has 0 radical (unpaired) electrons. The number of imidazole rings is 1. The largest absolute Gasteiger partial charge is 0.487 e. The summed E-state index contributed by atoms with van der Waals surface area (Å²) in [4.78, 5) is 33.4. The van der Waals surface area contributed by atoms with Crippen LogP contribution in [0.3, 0.4) is 0 Å². The molecule has 0 saturated carbocycles. The summed E-state index contributed by atoms with van der Waals surface area (Å²) in [6.45, 7) is 9.69. The van der Waals surface area contributed by atoms with E-state index in [0.717, 1.165) is 43.1 Å². The van der Waals surface area contributed by atoms with Crippen LogP contribution in [0.4, 0.5) is 10.5 Å². The molecule has 0 aliphatic carbocycles. The quantitative estimate of drug-likeness (QED) is 0.362. The molecular weight excluding hydrogens is 534 g/mol. The number of hydrogen-bond donors (Lipinski definition) is 1. The number of nitriles is 1. The summed E-state index contributed by atoms with van der Waals surface area (Å²) >= 11 is 0. The lowest BCUT2D eigenvalue weighted by atomic mass is 10.1. The van der Waals surface area contributed by atoms with Crippen molar-refractivity contribution in [3.63, 3.8) is 0 Å². The lowest BCUT2D eigenvalue weighted by Crippen LogP contribution is -2.36. The van der Waals surface area contributed by atoms with Gasteiger partial charge in [0, 0.05) is 42.9 Å². The number of carbonyl (C=O) groups excluding carboxylic acids is 1. The molecule has 1 amide bonds. The number of morpholine rings is 1. The minimum absolute atomic E-state index is 0.232. The Morgan fingerprint density at radius 1 is 1.07 bits per heavy atom. The van der Waals surface area contributed by atoms with Crippen molar-refractivity contribution in [1.82, 2.24) is 24.8 Å². The van der Waals surface area contributed by atoms with Gasteiger partial charge in [0.2, 0.25) is 0 Å². The van der Waals surface area contributed by atoms with Crippen LogP contribution < -0.4 is 9.64 Å². The van der Waals surface area contributed by atoms with Crippen LogP contribution in [0.25, 0.3) is 33.8 Å². The molecular formula is C31H33N7O4. The number of aromatic nitrogens is 4. The molecule has 11 nitrogen and oxygen atoms in total. The average Bonchev–Trinajstić information content (AvgIpc) is 3.65. The zero-order valence-electron chi connectivity index (χ0n) is 24.0. The van der Waals surface area contributed by atoms with E-state index in [1.807, 2.05) is 39.0 Å². The molecule has 2 aliphatic heterocycles. The Balaban J connectivity index is 1.20. The Hall–Kier alpha value is -4.69. The van der Waals surface area contributed by atoms with Crippen LogP contribution in [0, 0.1) is 11.3 Å². The van der Waals surface area contributed by atoms with Crippen LogP contribution in [-0.2, 0) is 9.47 Å². The summed E-state index contributed by atoms with van der Waals surface area (Å²) in [5.74, 6) is 1.15. The Bertz CT molecular complexity index is 1630. The second-order valence-corrected chi connectivity index (χ2v) is 11.4. The van der Waals surface area contributed by atoms with E-state index in [2.05, 4.69) is 38.1 Å². The van der Waals surface area contributed by atoms with E-state index in [-0.39, 0.29) is 12.2 Å². The van der Waals surface area contributed by atoms with Gasteiger partial charge in [0.1, 0.15) is 46.9 Å². The Labute approximate surface area is 244 Å². The highest BCUT2D eigenvalue weighted by molar-refractivity contribution is 5.89. The molecule has 4 aromatic rings. The van der Waals surface area contributed by atoms with Crippen molar-refractivity contribution in [3.8, 4) is 34.5 Å². The third-order valence-corrected chi connectivity index (χ3v) is 7.26. The van der Waals surface area contributed by atoms with Crippen LogP contribution in [0.1, 0.15) is 32.8 Å². The van der Waals surface area contributed by atoms with E-state index >= 15 is 0 Å². The van der Waals surface area contributed by atoms with Crippen LogP contribution in [0.15, 0.2) is 48.8 Å². The summed E-state index contributed by atoms with van der Waals surface area (Å²) in [5, 5.41) is 9.93. The number of amides is 1. The van der Waals surface area contributed by atoms with Gasteiger partial charge >= 0.3 is 6.09 Å². The van der Waals surface area contributed by atoms with Crippen LogP contribution in [0.2, 0.25) is 0 Å². The van der Waals surface area contributed by atoms with Gasteiger partial charge in [-0.1, -0.05) is 0 Å². The number of benzene rings is 2. The van der Waals surface area contributed by atoms with Crippen molar-refractivity contribution >= 4 is 22.9 Å². The topological polar surface area (TPSA) is 129 Å². The van der Waals surface area contributed by atoms with Crippen molar-refractivity contribution < 1.29 is 19.0 Å². The predicted molar refractivity (Wildman–Crippen MR) is 157 cm³/mol. The Kier molecular flexibility index (Phi) is 7.39. The standard InChI is InChI=1S/C31H33N7O4/c1-31(2,3)42-30(39)38-11-10-24(18-38)41-25-9-6-21(16-22(25)17-32)26-27-29(34-19-33-26)36-28(35-27)20-4-7-23(8-5-20)37-12-14-40-15-13-37/h4-9,16,19,24H,10-15,18H2,1-3H3,(H,33,34,35,36). The van der Waals surface area contributed by atoms with Crippen molar-refractivity contribution in [1.29, 1.82) is 5.26 Å². The Morgan fingerprint density at radius 3 is 2.57 bits per heavy atom. The molecule has 2 saturated heterocycles. The summed E-state index contributed by atoms with van der Waals surface area (Å²) in [6, 6.07) is 15.9. The number of nitrogens with zero attached hydrogens (tertiary/aromatic N) is 6. The molecule has 0 bridgehead atoms. The van der Waals surface area contributed by atoms with Crippen LogP contribution >= 0.6 is 0 Å². The number of likely N-dealkylation sites (tertiary alicyclic amines) is 1. The molecule has 2 aliphatic rings. The van der Waals surface area contributed by atoms with Crippen molar-refractivity contribution in [2.45, 2.75) is 38.9 Å². The van der Waals surface area contributed by atoms with Gasteiger partial charge in [0.15, 0.2) is 5.65 Å². The molecule has 2 fully saturated rings. The fourth-order valence-electron chi connectivity index (χ4n) is 5.19. The number of anilines is 1. The van der Waals surface area contributed by atoms with Gasteiger partial charge in [-0.15, -0.1) is 0 Å². The van der Waals surface area contributed by atoms with E-state index in [4.69, 9.17) is 19.2 Å². The van der Waals surface area contributed by atoms with Gasteiger partial charge in [-0.05, 0) is 63.2 Å². The van der Waals surface area contributed by atoms with Gasteiger partial charge in [-0.3, -0.25) is 0 Å². The summed E-state index contributed by atoms with van der Waals surface area (Å²) in [5.41, 5.74) is 4.49. The SMILES string of the molecule is CC(C)(C)OC(=O)N1CCC(Oc2ccc(-c3ncnc4[nH]c(-c5ccc(N6CCOCC6)cc5)nc34)cc2C#N)C1. The highest BCUT2D eigenvalue weighted by Crippen LogP contribution is 2.32. The molecule has 6 rings (SSSR count). The molecule has 2 aromatic heterocycles. The summed E-state index contributed by atoms with van der Waals surface area (Å²) in [6.07, 6.45) is 1.55. The van der Waals surface area contributed by atoms with Gasteiger partial charge in [-0.2, -0.15) is 5.26 Å². The molecule has 42 heavy (non-hydrogen) atoms. The smallest absolute Gasteiger partial charge is 0.410 e. The van der Waals surface area contributed by atoms with Crippen LogP contribution in [0.5, 0.6) is 5.75 Å². The number of carbonyl (C=O) groups is 1. The van der Waals surface area contributed by atoms with Crippen molar-refractivity contribution in [3.05, 3.63) is 54.4 Å². The maximum Gasteiger partial charge on any atom is 0.410 e. The lowest BCUT2D eigenvalue weighted by molar-refractivity contribution is 0.0275. The first kappa shape index (κ1) is 27.5. The number of ether oxygens (including phenoxy) is 3. The Morgan fingerprint density at radius 2 is 1.83 bits per heavy atom. The number of rotatable bonds is 5. The molecule has 1 atom stereocenters. The second kappa shape index (κ2) is 11.3. The fourth-order valence-corrected chi connectivity index (χ4v) is 5.19. The highest BCUT2D eigenvalue weighted by Gasteiger charge is 2.31. The molecule has 1 unspecified atom stereocenters. The second-order valence-electron chi connectivity index (χ2n) is 11.4. The monoisotopic (exact) mass is 567 g/mol. The predicted octanol–water partition coefficient (Wildman–Crippen LogP) is 4.78. The third kappa shape index (κ3) is 5.85. The zero-order chi connectivity index (χ0) is 29.3. The number of H-pyrrole nitrogens is 1. The maximum atomic E-state index is 12.4. The summed E-state index contributed by atoms with van der Waals surface area (Å²) in [7, 11) is 0. The molecule has 4 heterocycles. The van der Waals surface area contributed by atoms with Gasteiger partial charge in [0.05, 0.1) is 25.3 Å². The number of fused-ring (bicyclic) bond motifs is 1. The van der Waals surface area contributed by atoms with E-state index in [0.29, 0.717) is 53.5 Å². The van der Waals surface area contributed by atoms with Gasteiger partial charge < -0.3 is 29.0 Å². The molecule has 11 heteroatoms. The van der Waals surface area contributed by atoms with Crippen molar-refractivity contribution in [2.75, 3.05) is 44.3 Å². The van der Waals surface area contributed by atoms with Crippen LogP contribution in [-0.4, -0.2) is 82.0 Å². The van der Waals surface area contributed by atoms with E-state index < -0.39 is 5.60 Å². The number of aromatic amines is 1. The lowest BCUT2D eigenvalue weighted by Gasteiger charge is -2.28. The molecule has 0 spiro atoms. The summed E-state index contributed by atoms with van der Waals surface area (Å²) < 4.78 is 17.1. The van der Waals surface area contributed by atoms with Crippen molar-refractivity contribution in [2.24, 2.45) is 0 Å². The number of nitrogens with one attached hydrogen (secondary N) is 1.